The lowest BCUT2D eigenvalue weighted by atomic mass is 10.3. The fourth-order valence-corrected chi connectivity index (χ4v) is 3.27. The number of aromatic nitrogens is 2. The molecule has 0 aliphatic rings. The number of hydrogen-bond acceptors (Lipinski definition) is 3. The number of aryl methyl sites for hydroxylation is 2. The standard InChI is InChI=1S/C11H12BrN3O2S/c1-8-11(7-15(2)13-8)18(16,17)14-10-5-3-4-9(12)6-10/h3-7,14H,1-2H3. The van der Waals surface area contributed by atoms with E-state index in [0.717, 1.165) is 4.47 Å². The van der Waals surface area contributed by atoms with Crippen LogP contribution in [-0.4, -0.2) is 18.2 Å². The molecule has 7 heteroatoms. The highest BCUT2D eigenvalue weighted by atomic mass is 79.9. The monoisotopic (exact) mass is 329 g/mol. The molecule has 1 aromatic carbocycles. The molecule has 18 heavy (non-hydrogen) atoms. The summed E-state index contributed by atoms with van der Waals surface area (Å²) in [6, 6.07) is 6.97. The zero-order chi connectivity index (χ0) is 13.3. The van der Waals surface area contributed by atoms with Gasteiger partial charge in [-0.25, -0.2) is 8.42 Å². The van der Waals surface area contributed by atoms with Crippen molar-refractivity contribution in [1.82, 2.24) is 9.78 Å². The first-order valence-electron chi connectivity index (χ1n) is 5.17. The van der Waals surface area contributed by atoms with Crippen molar-refractivity contribution in [2.75, 3.05) is 4.72 Å². The molecular formula is C11H12BrN3O2S. The Hall–Kier alpha value is -1.34. The highest BCUT2D eigenvalue weighted by Gasteiger charge is 2.19. The maximum absolute atomic E-state index is 12.2. The first-order chi connectivity index (χ1) is 8.38. The Morgan fingerprint density at radius 1 is 1.39 bits per heavy atom. The van der Waals surface area contributed by atoms with Crippen LogP contribution in [0.25, 0.3) is 0 Å². The van der Waals surface area contributed by atoms with E-state index in [1.54, 1.807) is 32.2 Å². The van der Waals surface area contributed by atoms with E-state index >= 15 is 0 Å². The van der Waals surface area contributed by atoms with E-state index in [2.05, 4.69) is 25.8 Å². The highest BCUT2D eigenvalue weighted by Crippen LogP contribution is 2.20. The van der Waals surface area contributed by atoms with E-state index in [1.807, 2.05) is 6.07 Å². The number of nitrogens with one attached hydrogen (secondary N) is 1. The number of nitrogens with zero attached hydrogens (tertiary/aromatic N) is 2. The van der Waals surface area contributed by atoms with Crippen molar-refractivity contribution in [2.45, 2.75) is 11.8 Å². The Balaban J connectivity index is 2.36. The van der Waals surface area contributed by atoms with Gasteiger partial charge in [0.05, 0.1) is 5.69 Å². The van der Waals surface area contributed by atoms with Crippen LogP contribution in [0.4, 0.5) is 5.69 Å². The third kappa shape index (κ3) is 2.73. The van der Waals surface area contributed by atoms with Crippen LogP contribution in [0, 0.1) is 6.92 Å². The van der Waals surface area contributed by atoms with Gasteiger partial charge in [-0.15, -0.1) is 0 Å². The highest BCUT2D eigenvalue weighted by molar-refractivity contribution is 9.10. The van der Waals surface area contributed by atoms with E-state index in [9.17, 15) is 8.42 Å². The van der Waals surface area contributed by atoms with Gasteiger partial charge < -0.3 is 0 Å². The summed E-state index contributed by atoms with van der Waals surface area (Å²) in [7, 11) is -1.91. The van der Waals surface area contributed by atoms with Gasteiger partial charge in [-0.3, -0.25) is 9.40 Å². The quantitative estimate of drug-likeness (QED) is 0.939. The number of rotatable bonds is 3. The van der Waals surface area contributed by atoms with Gasteiger partial charge in [0.1, 0.15) is 4.90 Å². The fourth-order valence-electron chi connectivity index (χ4n) is 1.60. The zero-order valence-corrected chi connectivity index (χ0v) is 12.3. The summed E-state index contributed by atoms with van der Waals surface area (Å²) in [6.07, 6.45) is 1.48. The molecule has 0 unspecified atom stereocenters. The Labute approximate surface area is 114 Å². The third-order valence-corrected chi connectivity index (χ3v) is 4.31. The first-order valence-corrected chi connectivity index (χ1v) is 7.45. The van der Waals surface area contributed by atoms with Crippen molar-refractivity contribution in [1.29, 1.82) is 0 Å². The molecule has 0 aliphatic heterocycles. The van der Waals surface area contributed by atoms with Crippen LogP contribution in [-0.2, 0) is 17.1 Å². The number of hydrogen-bond donors (Lipinski definition) is 1. The second-order valence-corrected chi connectivity index (χ2v) is 6.43. The average Bonchev–Trinajstić information content (AvgIpc) is 2.58. The van der Waals surface area contributed by atoms with E-state index in [0.29, 0.717) is 11.4 Å². The van der Waals surface area contributed by atoms with E-state index in [1.165, 1.54) is 10.9 Å². The lowest BCUT2D eigenvalue weighted by Crippen LogP contribution is -2.13. The number of sulfonamides is 1. The second kappa shape index (κ2) is 4.74. The SMILES string of the molecule is Cc1nn(C)cc1S(=O)(=O)Nc1cccc(Br)c1. The predicted molar refractivity (Wildman–Crippen MR) is 72.9 cm³/mol. The van der Waals surface area contributed by atoms with Gasteiger partial charge in [-0.05, 0) is 25.1 Å². The molecule has 0 saturated heterocycles. The summed E-state index contributed by atoms with van der Waals surface area (Å²) in [5.74, 6) is 0. The number of halogens is 1. The molecule has 0 bridgehead atoms. The third-order valence-electron chi connectivity index (χ3n) is 2.33. The Morgan fingerprint density at radius 3 is 2.67 bits per heavy atom. The van der Waals surface area contributed by atoms with Crippen molar-refractivity contribution in [2.24, 2.45) is 7.05 Å². The molecule has 2 rings (SSSR count). The summed E-state index contributed by atoms with van der Waals surface area (Å²) in [6.45, 7) is 1.66. The lowest BCUT2D eigenvalue weighted by Gasteiger charge is -2.07. The van der Waals surface area contributed by atoms with Crippen molar-refractivity contribution in [3.05, 3.63) is 40.6 Å². The van der Waals surface area contributed by atoms with Gasteiger partial charge >= 0.3 is 0 Å². The predicted octanol–water partition coefficient (Wildman–Crippen LogP) is 2.29. The molecule has 0 atom stereocenters. The summed E-state index contributed by atoms with van der Waals surface area (Å²) in [5, 5.41) is 4.02. The topological polar surface area (TPSA) is 64.0 Å². The molecule has 96 valence electrons. The maximum Gasteiger partial charge on any atom is 0.265 e. The Bertz CT molecular complexity index is 679. The van der Waals surface area contributed by atoms with E-state index in [4.69, 9.17) is 0 Å². The molecular weight excluding hydrogens is 318 g/mol. The van der Waals surface area contributed by atoms with E-state index < -0.39 is 10.0 Å². The zero-order valence-electron chi connectivity index (χ0n) is 9.88. The van der Waals surface area contributed by atoms with Crippen molar-refractivity contribution in [3.63, 3.8) is 0 Å². The molecule has 0 amide bonds. The second-order valence-electron chi connectivity index (χ2n) is 3.87. The normalized spacial score (nSPS) is 11.5. The molecule has 1 N–H and O–H groups in total. The van der Waals surface area contributed by atoms with Gasteiger partial charge in [-0.1, -0.05) is 22.0 Å². The Morgan fingerprint density at radius 2 is 2.11 bits per heavy atom. The van der Waals surface area contributed by atoms with Crippen LogP contribution < -0.4 is 4.72 Å². The largest absolute Gasteiger partial charge is 0.279 e. The smallest absolute Gasteiger partial charge is 0.265 e. The molecule has 5 nitrogen and oxygen atoms in total. The van der Waals surface area contributed by atoms with Gasteiger partial charge in [0.25, 0.3) is 10.0 Å². The first kappa shape index (κ1) is 13.1. The van der Waals surface area contributed by atoms with Crippen molar-refractivity contribution >= 4 is 31.6 Å². The molecule has 1 aromatic heterocycles. The molecule has 1 heterocycles. The number of anilines is 1. The van der Waals surface area contributed by atoms with Crippen LogP contribution >= 0.6 is 15.9 Å². The van der Waals surface area contributed by atoms with E-state index in [-0.39, 0.29) is 4.90 Å². The molecule has 0 fully saturated rings. The minimum absolute atomic E-state index is 0.185. The van der Waals surface area contributed by atoms with Crippen molar-refractivity contribution in [3.8, 4) is 0 Å². The Kier molecular flexibility index (Phi) is 3.45. The molecule has 2 aromatic rings. The average molecular weight is 330 g/mol. The van der Waals surface area contributed by atoms with Crippen molar-refractivity contribution < 1.29 is 8.42 Å². The van der Waals surface area contributed by atoms with Gasteiger partial charge in [0.2, 0.25) is 0 Å². The summed E-state index contributed by atoms with van der Waals surface area (Å²) >= 11 is 3.29. The minimum Gasteiger partial charge on any atom is -0.279 e. The van der Waals surface area contributed by atoms with Crippen LogP contribution in [0.2, 0.25) is 0 Å². The lowest BCUT2D eigenvalue weighted by molar-refractivity contribution is 0.600. The minimum atomic E-state index is -3.59. The van der Waals surface area contributed by atoms with Crippen LogP contribution in [0.3, 0.4) is 0 Å². The summed E-state index contributed by atoms with van der Waals surface area (Å²) in [4.78, 5) is 0.185. The summed E-state index contributed by atoms with van der Waals surface area (Å²) < 4.78 is 29.1. The van der Waals surface area contributed by atoms with Crippen LogP contribution in [0.1, 0.15) is 5.69 Å². The van der Waals surface area contributed by atoms with Gasteiger partial charge in [0, 0.05) is 23.4 Å². The molecule has 0 spiro atoms. The molecule has 0 saturated carbocycles. The molecule has 0 radical (unpaired) electrons. The fraction of sp³-hybridized carbons (Fsp3) is 0.182. The number of benzene rings is 1. The van der Waals surface area contributed by atoms with Crippen LogP contribution in [0.15, 0.2) is 39.8 Å². The van der Waals surface area contributed by atoms with Gasteiger partial charge in [0.15, 0.2) is 0 Å². The van der Waals surface area contributed by atoms with Crippen LogP contribution in [0.5, 0.6) is 0 Å². The summed E-state index contributed by atoms with van der Waals surface area (Å²) in [5.41, 5.74) is 0.979. The molecule has 0 aliphatic carbocycles. The maximum atomic E-state index is 12.2. The van der Waals surface area contributed by atoms with Gasteiger partial charge in [-0.2, -0.15) is 5.10 Å².